The lowest BCUT2D eigenvalue weighted by atomic mass is 9.77. The second-order valence-corrected chi connectivity index (χ2v) is 5.31. The molecule has 19 heavy (non-hydrogen) atoms. The molecule has 1 saturated carbocycles. The lowest BCUT2D eigenvalue weighted by molar-refractivity contribution is 0.00769. The van der Waals surface area contributed by atoms with E-state index in [1.165, 1.54) is 18.6 Å². The minimum Gasteiger partial charge on any atom is -0.379 e. The molecule has 0 aromatic heterocycles. The quantitative estimate of drug-likeness (QED) is 0.910. The van der Waals surface area contributed by atoms with Crippen molar-refractivity contribution >= 4 is 5.69 Å². The highest BCUT2D eigenvalue weighted by atomic mass is 19.1. The van der Waals surface area contributed by atoms with Crippen molar-refractivity contribution in [2.24, 2.45) is 5.73 Å². The Bertz CT molecular complexity index is 409. The van der Waals surface area contributed by atoms with Crippen molar-refractivity contribution < 1.29 is 9.13 Å². The van der Waals surface area contributed by atoms with Gasteiger partial charge in [-0.25, -0.2) is 4.39 Å². The van der Waals surface area contributed by atoms with Crippen molar-refractivity contribution in [3.63, 3.8) is 0 Å². The molecule has 0 saturated heterocycles. The number of ether oxygens (including phenoxy) is 1. The predicted octanol–water partition coefficient (Wildman–Crippen LogP) is 2.55. The zero-order chi connectivity index (χ0) is 13.9. The van der Waals surface area contributed by atoms with Crippen molar-refractivity contribution in [2.75, 3.05) is 25.6 Å². The average molecular weight is 266 g/mol. The SMILES string of the molecule is COC1CCCCC1(CN)N(C)c1ccc(F)cc1. The average Bonchev–Trinajstić information content (AvgIpc) is 2.47. The smallest absolute Gasteiger partial charge is 0.123 e. The molecule has 4 heteroatoms. The summed E-state index contributed by atoms with van der Waals surface area (Å²) in [6.45, 7) is 0.541. The van der Waals surface area contributed by atoms with Gasteiger partial charge in [0.15, 0.2) is 0 Å². The summed E-state index contributed by atoms with van der Waals surface area (Å²) in [5, 5.41) is 0. The molecular formula is C15H23FN2O. The first-order valence-electron chi connectivity index (χ1n) is 6.86. The molecule has 0 amide bonds. The molecule has 1 aliphatic carbocycles. The van der Waals surface area contributed by atoms with Gasteiger partial charge in [0.2, 0.25) is 0 Å². The maximum absolute atomic E-state index is 13.0. The summed E-state index contributed by atoms with van der Waals surface area (Å²) in [7, 11) is 3.77. The normalized spacial score (nSPS) is 27.3. The first-order chi connectivity index (χ1) is 9.14. The Hall–Kier alpha value is -1.13. The van der Waals surface area contributed by atoms with Crippen molar-refractivity contribution in [1.82, 2.24) is 0 Å². The minimum absolute atomic E-state index is 0.126. The topological polar surface area (TPSA) is 38.5 Å². The van der Waals surface area contributed by atoms with Crippen LogP contribution in [0.2, 0.25) is 0 Å². The van der Waals surface area contributed by atoms with Crippen molar-refractivity contribution in [1.29, 1.82) is 0 Å². The summed E-state index contributed by atoms with van der Waals surface area (Å²) < 4.78 is 18.7. The highest BCUT2D eigenvalue weighted by Gasteiger charge is 2.43. The summed E-state index contributed by atoms with van der Waals surface area (Å²) in [5.74, 6) is -0.217. The van der Waals surface area contributed by atoms with Crippen LogP contribution in [-0.4, -0.2) is 32.3 Å². The molecule has 106 valence electrons. The number of hydrogen-bond donors (Lipinski definition) is 1. The Morgan fingerprint density at radius 1 is 1.37 bits per heavy atom. The summed E-state index contributed by atoms with van der Waals surface area (Å²) in [4.78, 5) is 2.17. The largest absolute Gasteiger partial charge is 0.379 e. The summed E-state index contributed by atoms with van der Waals surface area (Å²) in [6.07, 6.45) is 4.50. The van der Waals surface area contributed by atoms with Crippen LogP contribution in [0.5, 0.6) is 0 Å². The van der Waals surface area contributed by atoms with Crippen LogP contribution in [0.1, 0.15) is 25.7 Å². The molecule has 2 rings (SSSR count). The Morgan fingerprint density at radius 3 is 2.63 bits per heavy atom. The highest BCUT2D eigenvalue weighted by molar-refractivity contribution is 5.49. The number of nitrogens with two attached hydrogens (primary N) is 1. The summed E-state index contributed by atoms with van der Waals surface area (Å²) >= 11 is 0. The first kappa shape index (κ1) is 14.3. The second-order valence-electron chi connectivity index (χ2n) is 5.31. The Labute approximate surface area is 114 Å². The fourth-order valence-corrected chi connectivity index (χ4v) is 3.20. The number of nitrogens with zero attached hydrogens (tertiary/aromatic N) is 1. The third kappa shape index (κ3) is 2.60. The third-order valence-corrected chi connectivity index (χ3v) is 4.45. The Morgan fingerprint density at radius 2 is 2.05 bits per heavy atom. The standard InChI is InChI=1S/C15H23FN2O/c1-18(13-8-6-12(16)7-9-13)15(11-17)10-4-3-5-14(15)19-2/h6-9,14H,3-5,10-11,17H2,1-2H3. The van der Waals surface area contributed by atoms with Crippen LogP contribution in [0.25, 0.3) is 0 Å². The van der Waals surface area contributed by atoms with Gasteiger partial charge in [-0.15, -0.1) is 0 Å². The maximum atomic E-state index is 13.0. The van der Waals surface area contributed by atoms with Crippen LogP contribution in [0.3, 0.4) is 0 Å². The molecule has 0 heterocycles. The number of methoxy groups -OCH3 is 1. The van der Waals surface area contributed by atoms with E-state index in [2.05, 4.69) is 4.90 Å². The van der Waals surface area contributed by atoms with Crippen molar-refractivity contribution in [2.45, 2.75) is 37.3 Å². The highest BCUT2D eigenvalue weighted by Crippen LogP contribution is 2.36. The molecule has 2 N–H and O–H groups in total. The van der Waals surface area contributed by atoms with Gasteiger partial charge in [-0.3, -0.25) is 0 Å². The van der Waals surface area contributed by atoms with Gasteiger partial charge >= 0.3 is 0 Å². The van der Waals surface area contributed by atoms with Gasteiger partial charge < -0.3 is 15.4 Å². The maximum Gasteiger partial charge on any atom is 0.123 e. The van der Waals surface area contributed by atoms with E-state index < -0.39 is 0 Å². The van der Waals surface area contributed by atoms with E-state index in [-0.39, 0.29) is 17.5 Å². The molecule has 0 aliphatic heterocycles. The molecule has 2 atom stereocenters. The number of halogens is 1. The van der Waals surface area contributed by atoms with Crippen molar-refractivity contribution in [3.8, 4) is 0 Å². The molecule has 1 fully saturated rings. The fourth-order valence-electron chi connectivity index (χ4n) is 3.20. The monoisotopic (exact) mass is 266 g/mol. The molecule has 3 nitrogen and oxygen atoms in total. The van der Waals surface area contributed by atoms with E-state index in [1.54, 1.807) is 19.2 Å². The zero-order valence-corrected chi connectivity index (χ0v) is 11.7. The summed E-state index contributed by atoms with van der Waals surface area (Å²) in [5.41, 5.74) is 6.87. The van der Waals surface area contributed by atoms with E-state index in [9.17, 15) is 4.39 Å². The molecule has 0 bridgehead atoms. The van der Waals surface area contributed by atoms with E-state index in [0.717, 1.165) is 24.9 Å². The second kappa shape index (κ2) is 5.88. The number of hydrogen-bond acceptors (Lipinski definition) is 3. The molecule has 0 radical (unpaired) electrons. The van der Waals surface area contributed by atoms with Crippen LogP contribution in [0, 0.1) is 5.82 Å². The van der Waals surface area contributed by atoms with Gasteiger partial charge in [0.05, 0.1) is 11.6 Å². The van der Waals surface area contributed by atoms with Gasteiger partial charge in [-0.1, -0.05) is 12.8 Å². The van der Waals surface area contributed by atoms with Gasteiger partial charge in [-0.05, 0) is 37.1 Å². The third-order valence-electron chi connectivity index (χ3n) is 4.45. The number of benzene rings is 1. The van der Waals surface area contributed by atoms with E-state index >= 15 is 0 Å². The molecule has 0 spiro atoms. The fraction of sp³-hybridized carbons (Fsp3) is 0.600. The van der Waals surface area contributed by atoms with Crippen LogP contribution < -0.4 is 10.6 Å². The van der Waals surface area contributed by atoms with Gasteiger partial charge in [0.25, 0.3) is 0 Å². The van der Waals surface area contributed by atoms with E-state index in [0.29, 0.717) is 6.54 Å². The van der Waals surface area contributed by atoms with Crippen LogP contribution in [-0.2, 0) is 4.74 Å². The van der Waals surface area contributed by atoms with Crippen LogP contribution in [0.4, 0.5) is 10.1 Å². The number of likely N-dealkylation sites (N-methyl/N-ethyl adjacent to an activating group) is 1. The lowest BCUT2D eigenvalue weighted by Gasteiger charge is -2.49. The van der Waals surface area contributed by atoms with Crippen LogP contribution in [0.15, 0.2) is 24.3 Å². The molecular weight excluding hydrogens is 243 g/mol. The molecule has 1 aromatic rings. The van der Waals surface area contributed by atoms with E-state index in [4.69, 9.17) is 10.5 Å². The predicted molar refractivity (Wildman–Crippen MR) is 75.9 cm³/mol. The van der Waals surface area contributed by atoms with Gasteiger partial charge in [0, 0.05) is 26.4 Å². The van der Waals surface area contributed by atoms with Crippen molar-refractivity contribution in [3.05, 3.63) is 30.1 Å². The number of rotatable bonds is 4. The van der Waals surface area contributed by atoms with Gasteiger partial charge in [0.1, 0.15) is 5.82 Å². The summed E-state index contributed by atoms with van der Waals surface area (Å²) in [6, 6.07) is 6.57. The zero-order valence-electron chi connectivity index (χ0n) is 11.7. The molecule has 1 aromatic carbocycles. The Balaban J connectivity index is 2.30. The molecule has 2 unspecified atom stereocenters. The number of anilines is 1. The minimum atomic E-state index is -0.217. The van der Waals surface area contributed by atoms with Crippen LogP contribution >= 0.6 is 0 Å². The van der Waals surface area contributed by atoms with Gasteiger partial charge in [-0.2, -0.15) is 0 Å². The Kier molecular flexibility index (Phi) is 4.42. The first-order valence-corrected chi connectivity index (χ1v) is 6.86. The van der Waals surface area contributed by atoms with E-state index in [1.807, 2.05) is 7.05 Å². The lowest BCUT2D eigenvalue weighted by Crippen LogP contribution is -2.62. The molecule has 1 aliphatic rings.